The number of nitrogens with one attached hydrogen (secondary N) is 3. The Labute approximate surface area is 152 Å². The van der Waals surface area contributed by atoms with Crippen LogP contribution in [0.25, 0.3) is 5.78 Å². The van der Waals surface area contributed by atoms with Crippen LogP contribution in [0.5, 0.6) is 0 Å². The number of aromatic nitrogens is 4. The van der Waals surface area contributed by atoms with Crippen molar-refractivity contribution >= 4 is 11.7 Å². The predicted octanol–water partition coefficient (Wildman–Crippen LogP) is 2.65. The van der Waals surface area contributed by atoms with Crippen LogP contribution in [0.15, 0.2) is 35.1 Å². The second-order valence-electron chi connectivity index (χ2n) is 6.72. The Morgan fingerprint density at radius 1 is 1.15 bits per heavy atom. The SMILES string of the molecule is CCCNCc1cc(=O)n2[nH]c(NCc3ccc(C(C)C)cc3)nc2n1. The first-order chi connectivity index (χ1) is 12.6. The lowest BCUT2D eigenvalue weighted by molar-refractivity contribution is 0.661. The maximum Gasteiger partial charge on any atom is 0.274 e. The van der Waals surface area contributed by atoms with E-state index in [2.05, 4.69) is 70.7 Å². The standard InChI is InChI=1S/C19H26N6O/c1-4-9-20-12-16-10-17(26)25-19(22-16)23-18(24-25)21-11-14-5-7-15(8-6-14)13(2)3/h5-8,10,13,20H,4,9,11-12H2,1-3H3,(H2,21,22,23,24). The Bertz CT molecular complexity index is 910. The monoisotopic (exact) mass is 354 g/mol. The van der Waals surface area contributed by atoms with Crippen molar-refractivity contribution in [2.45, 2.75) is 46.2 Å². The first kappa shape index (κ1) is 18.1. The smallest absolute Gasteiger partial charge is 0.274 e. The van der Waals surface area contributed by atoms with Crippen molar-refractivity contribution < 1.29 is 0 Å². The summed E-state index contributed by atoms with van der Waals surface area (Å²) in [5.74, 6) is 1.43. The quantitative estimate of drug-likeness (QED) is 0.541. The normalized spacial score (nSPS) is 11.4. The maximum absolute atomic E-state index is 12.2. The number of rotatable bonds is 8. The minimum atomic E-state index is -0.162. The molecule has 7 nitrogen and oxygen atoms in total. The van der Waals surface area contributed by atoms with Gasteiger partial charge in [-0.2, -0.15) is 9.50 Å². The van der Waals surface area contributed by atoms with Crippen LogP contribution >= 0.6 is 0 Å². The highest BCUT2D eigenvalue weighted by atomic mass is 16.1. The molecule has 0 aliphatic heterocycles. The van der Waals surface area contributed by atoms with Crippen LogP contribution in [-0.4, -0.2) is 26.1 Å². The van der Waals surface area contributed by atoms with Gasteiger partial charge < -0.3 is 10.6 Å². The fraction of sp³-hybridized carbons (Fsp3) is 0.421. The molecule has 0 aliphatic carbocycles. The van der Waals surface area contributed by atoms with Crippen molar-refractivity contribution in [2.75, 3.05) is 11.9 Å². The molecule has 0 bridgehead atoms. The molecule has 7 heteroatoms. The molecule has 0 amide bonds. The third-order valence-corrected chi connectivity index (χ3v) is 4.22. The van der Waals surface area contributed by atoms with Crippen molar-refractivity contribution in [3.63, 3.8) is 0 Å². The highest BCUT2D eigenvalue weighted by Gasteiger charge is 2.08. The molecule has 0 saturated carbocycles. The molecule has 0 fully saturated rings. The van der Waals surface area contributed by atoms with E-state index in [9.17, 15) is 4.79 Å². The van der Waals surface area contributed by atoms with E-state index in [1.807, 2.05) is 0 Å². The fourth-order valence-corrected chi connectivity index (χ4v) is 2.70. The second-order valence-corrected chi connectivity index (χ2v) is 6.72. The van der Waals surface area contributed by atoms with E-state index in [1.54, 1.807) is 0 Å². The topological polar surface area (TPSA) is 87.1 Å². The van der Waals surface area contributed by atoms with E-state index < -0.39 is 0 Å². The third kappa shape index (κ3) is 4.29. The number of benzene rings is 1. The van der Waals surface area contributed by atoms with Crippen LogP contribution in [0.2, 0.25) is 0 Å². The summed E-state index contributed by atoms with van der Waals surface area (Å²) in [6, 6.07) is 10.0. The van der Waals surface area contributed by atoms with Crippen molar-refractivity contribution in [2.24, 2.45) is 0 Å². The molecule has 0 saturated heterocycles. The molecule has 3 N–H and O–H groups in total. The molecule has 2 aromatic heterocycles. The summed E-state index contributed by atoms with van der Waals surface area (Å²) >= 11 is 0. The summed E-state index contributed by atoms with van der Waals surface area (Å²) in [4.78, 5) is 21.0. The number of anilines is 1. The first-order valence-electron chi connectivity index (χ1n) is 9.09. The van der Waals surface area contributed by atoms with Gasteiger partial charge in [-0.15, -0.1) is 0 Å². The molecule has 0 spiro atoms. The molecule has 26 heavy (non-hydrogen) atoms. The molecule has 138 valence electrons. The molecular formula is C19H26N6O. The Hall–Kier alpha value is -2.67. The summed E-state index contributed by atoms with van der Waals surface area (Å²) in [7, 11) is 0. The lowest BCUT2D eigenvalue weighted by Gasteiger charge is -2.07. The van der Waals surface area contributed by atoms with Gasteiger partial charge in [0.2, 0.25) is 5.95 Å². The lowest BCUT2D eigenvalue weighted by atomic mass is 10.0. The summed E-state index contributed by atoms with van der Waals surface area (Å²) in [5.41, 5.74) is 3.01. The van der Waals surface area contributed by atoms with Crippen LogP contribution < -0.4 is 16.2 Å². The van der Waals surface area contributed by atoms with Crippen molar-refractivity contribution in [1.82, 2.24) is 24.9 Å². The van der Waals surface area contributed by atoms with Crippen molar-refractivity contribution in [3.8, 4) is 0 Å². The van der Waals surface area contributed by atoms with E-state index in [0.717, 1.165) is 18.5 Å². The van der Waals surface area contributed by atoms with Crippen LogP contribution in [-0.2, 0) is 13.1 Å². The number of fused-ring (bicyclic) bond motifs is 1. The maximum atomic E-state index is 12.2. The molecule has 0 unspecified atom stereocenters. The van der Waals surface area contributed by atoms with Gasteiger partial charge in [0, 0.05) is 19.2 Å². The fourth-order valence-electron chi connectivity index (χ4n) is 2.70. The Kier molecular flexibility index (Phi) is 5.68. The molecular weight excluding hydrogens is 328 g/mol. The zero-order valence-corrected chi connectivity index (χ0v) is 15.5. The van der Waals surface area contributed by atoms with Crippen molar-refractivity contribution in [1.29, 1.82) is 0 Å². The number of aromatic amines is 1. The van der Waals surface area contributed by atoms with Crippen LogP contribution in [0, 0.1) is 0 Å². The van der Waals surface area contributed by atoms with E-state index in [0.29, 0.717) is 36.4 Å². The third-order valence-electron chi connectivity index (χ3n) is 4.22. The number of hydrogen-bond acceptors (Lipinski definition) is 5. The number of nitrogens with zero attached hydrogens (tertiary/aromatic N) is 3. The molecule has 1 aromatic carbocycles. The Morgan fingerprint density at radius 2 is 1.92 bits per heavy atom. The van der Waals surface area contributed by atoms with Crippen LogP contribution in [0.3, 0.4) is 0 Å². The summed E-state index contributed by atoms with van der Waals surface area (Å²) in [5, 5.41) is 9.42. The van der Waals surface area contributed by atoms with Gasteiger partial charge in [0.25, 0.3) is 11.3 Å². The predicted molar refractivity (Wildman–Crippen MR) is 103 cm³/mol. The highest BCUT2D eigenvalue weighted by molar-refractivity contribution is 5.38. The summed E-state index contributed by atoms with van der Waals surface area (Å²) < 4.78 is 1.35. The van der Waals surface area contributed by atoms with Crippen molar-refractivity contribution in [3.05, 3.63) is 57.5 Å². The molecule has 3 rings (SSSR count). The number of H-pyrrole nitrogens is 1. The van der Waals surface area contributed by atoms with E-state index in [-0.39, 0.29) is 5.56 Å². The second kappa shape index (κ2) is 8.14. The van der Waals surface area contributed by atoms with E-state index in [1.165, 1.54) is 16.1 Å². The van der Waals surface area contributed by atoms with Gasteiger partial charge in [-0.3, -0.25) is 9.89 Å². The zero-order valence-electron chi connectivity index (χ0n) is 15.5. The van der Waals surface area contributed by atoms with Gasteiger partial charge in [-0.1, -0.05) is 45.0 Å². The van der Waals surface area contributed by atoms with Gasteiger partial charge in [-0.05, 0) is 30.0 Å². The molecule has 2 heterocycles. The molecule has 0 atom stereocenters. The lowest BCUT2D eigenvalue weighted by Crippen LogP contribution is -2.20. The molecule has 0 aliphatic rings. The van der Waals surface area contributed by atoms with E-state index in [4.69, 9.17) is 0 Å². The molecule has 0 radical (unpaired) electrons. The van der Waals surface area contributed by atoms with Gasteiger partial charge in [-0.25, -0.2) is 4.98 Å². The Balaban J connectivity index is 1.70. The Morgan fingerprint density at radius 3 is 2.62 bits per heavy atom. The first-order valence-corrected chi connectivity index (χ1v) is 9.09. The highest BCUT2D eigenvalue weighted by Crippen LogP contribution is 2.15. The summed E-state index contributed by atoms with van der Waals surface area (Å²) in [6.07, 6.45) is 1.04. The van der Waals surface area contributed by atoms with Gasteiger partial charge in [0.05, 0.1) is 5.69 Å². The minimum absolute atomic E-state index is 0.162. The van der Waals surface area contributed by atoms with Crippen LogP contribution in [0.1, 0.15) is 49.9 Å². The van der Waals surface area contributed by atoms with Gasteiger partial charge >= 0.3 is 0 Å². The summed E-state index contributed by atoms with van der Waals surface area (Å²) in [6.45, 7) is 8.54. The van der Waals surface area contributed by atoms with Gasteiger partial charge in [0.1, 0.15) is 0 Å². The average molecular weight is 354 g/mol. The number of hydrogen-bond donors (Lipinski definition) is 3. The van der Waals surface area contributed by atoms with Gasteiger partial charge in [0.15, 0.2) is 0 Å². The zero-order chi connectivity index (χ0) is 18.5. The largest absolute Gasteiger partial charge is 0.351 e. The van der Waals surface area contributed by atoms with Crippen LogP contribution in [0.4, 0.5) is 5.95 Å². The average Bonchev–Trinajstić information content (AvgIpc) is 3.04. The van der Waals surface area contributed by atoms with E-state index >= 15 is 0 Å². The minimum Gasteiger partial charge on any atom is -0.351 e. The molecule has 3 aromatic rings.